The van der Waals surface area contributed by atoms with Crippen LogP contribution in [0.2, 0.25) is 0 Å². The number of sulfone groups is 1. The lowest BCUT2D eigenvalue weighted by Gasteiger charge is -2.42. The third-order valence-corrected chi connectivity index (χ3v) is 8.99. The summed E-state index contributed by atoms with van der Waals surface area (Å²) in [7, 11) is -3.44. The molecule has 0 unspecified atom stereocenters. The summed E-state index contributed by atoms with van der Waals surface area (Å²) in [5.74, 6) is -2.44. The van der Waals surface area contributed by atoms with Crippen LogP contribution in [0.3, 0.4) is 0 Å². The summed E-state index contributed by atoms with van der Waals surface area (Å²) in [6.45, 7) is 9.52. The van der Waals surface area contributed by atoms with Gasteiger partial charge in [0.25, 0.3) is 0 Å². The zero-order valence-electron chi connectivity index (χ0n) is 21.8. The number of esters is 1. The molecule has 9 nitrogen and oxygen atoms in total. The highest BCUT2D eigenvalue weighted by atomic mass is 32.2. The van der Waals surface area contributed by atoms with E-state index < -0.39 is 50.6 Å². The first-order valence-corrected chi connectivity index (χ1v) is 14.2. The fraction of sp³-hybridized carbons (Fsp3) is 0.654. The number of hydrogen-bond acceptors (Lipinski definition) is 7. The predicted octanol–water partition coefficient (Wildman–Crippen LogP) is 3.03. The zero-order chi connectivity index (χ0) is 26.7. The second kappa shape index (κ2) is 11.2. The Morgan fingerprint density at radius 1 is 1.08 bits per heavy atom. The van der Waals surface area contributed by atoms with Crippen LogP contribution in [0.1, 0.15) is 53.0 Å². The fourth-order valence-electron chi connectivity index (χ4n) is 4.66. The SMILES string of the molecule is CC(C)S(=O)(=O)C[C@@H]1CN(C(=O)OC(C)(C)C)CC[C@@H]1N1CC[C@H](C(=O)OCc2ccccc2)C1=O. The monoisotopic (exact) mass is 522 g/mol. The Morgan fingerprint density at radius 3 is 2.36 bits per heavy atom. The molecule has 0 aliphatic carbocycles. The Balaban J connectivity index is 1.72. The predicted molar refractivity (Wildman–Crippen MR) is 135 cm³/mol. The van der Waals surface area contributed by atoms with Gasteiger partial charge in [0.15, 0.2) is 9.84 Å². The molecular formula is C26H38N2O7S. The van der Waals surface area contributed by atoms with Gasteiger partial charge in [-0.1, -0.05) is 30.3 Å². The van der Waals surface area contributed by atoms with E-state index in [4.69, 9.17) is 9.47 Å². The fourth-order valence-corrected chi connectivity index (χ4v) is 5.97. The van der Waals surface area contributed by atoms with E-state index in [0.29, 0.717) is 25.9 Å². The van der Waals surface area contributed by atoms with E-state index >= 15 is 0 Å². The summed E-state index contributed by atoms with van der Waals surface area (Å²) in [4.78, 5) is 41.8. The number of benzene rings is 1. The molecule has 2 fully saturated rings. The second-order valence-corrected chi connectivity index (χ2v) is 13.5. The number of ether oxygens (including phenoxy) is 2. The van der Waals surface area contributed by atoms with Crippen LogP contribution in [0.4, 0.5) is 4.79 Å². The number of carbonyl (C=O) groups excluding carboxylic acids is 3. The summed E-state index contributed by atoms with van der Waals surface area (Å²) in [6, 6.07) is 8.86. The van der Waals surface area contributed by atoms with Gasteiger partial charge in [-0.2, -0.15) is 0 Å². The number of carbonyl (C=O) groups is 3. The third-order valence-electron chi connectivity index (χ3n) is 6.66. The van der Waals surface area contributed by atoms with Gasteiger partial charge in [-0.25, -0.2) is 13.2 Å². The Kier molecular flexibility index (Phi) is 8.69. The quantitative estimate of drug-likeness (QED) is 0.400. The number of likely N-dealkylation sites (tertiary alicyclic amines) is 2. The van der Waals surface area contributed by atoms with Gasteiger partial charge < -0.3 is 19.3 Å². The minimum Gasteiger partial charge on any atom is -0.460 e. The van der Waals surface area contributed by atoms with Crippen molar-refractivity contribution >= 4 is 27.8 Å². The summed E-state index contributed by atoms with van der Waals surface area (Å²) in [5, 5.41) is -0.579. The van der Waals surface area contributed by atoms with Crippen molar-refractivity contribution in [1.29, 1.82) is 0 Å². The van der Waals surface area contributed by atoms with Gasteiger partial charge >= 0.3 is 12.1 Å². The molecule has 0 aromatic heterocycles. The van der Waals surface area contributed by atoms with E-state index in [0.717, 1.165) is 5.56 Å². The number of rotatable bonds is 7. The summed E-state index contributed by atoms with van der Waals surface area (Å²) < 4.78 is 36.5. The van der Waals surface area contributed by atoms with E-state index in [2.05, 4.69) is 0 Å². The molecular weight excluding hydrogens is 484 g/mol. The summed E-state index contributed by atoms with van der Waals surface area (Å²) in [6.07, 6.45) is 0.236. The van der Waals surface area contributed by atoms with Crippen LogP contribution < -0.4 is 0 Å². The molecule has 10 heteroatoms. The van der Waals surface area contributed by atoms with Gasteiger partial charge in [-0.3, -0.25) is 9.59 Å². The lowest BCUT2D eigenvalue weighted by molar-refractivity contribution is -0.154. The van der Waals surface area contributed by atoms with Crippen LogP contribution in [0.5, 0.6) is 0 Å². The topological polar surface area (TPSA) is 110 Å². The Morgan fingerprint density at radius 2 is 1.75 bits per heavy atom. The van der Waals surface area contributed by atoms with Crippen LogP contribution in [0, 0.1) is 11.8 Å². The van der Waals surface area contributed by atoms with Crippen LogP contribution >= 0.6 is 0 Å². The van der Waals surface area contributed by atoms with Crippen molar-refractivity contribution in [2.75, 3.05) is 25.4 Å². The van der Waals surface area contributed by atoms with Crippen molar-refractivity contribution in [2.45, 2.75) is 71.0 Å². The molecule has 3 rings (SSSR count). The lowest BCUT2D eigenvalue weighted by Crippen LogP contribution is -2.56. The van der Waals surface area contributed by atoms with Crippen LogP contribution in [-0.4, -0.2) is 78.5 Å². The molecule has 3 atom stereocenters. The molecule has 0 N–H and O–H groups in total. The average molecular weight is 523 g/mol. The van der Waals surface area contributed by atoms with Crippen molar-refractivity contribution in [3.63, 3.8) is 0 Å². The Labute approximate surface area is 214 Å². The average Bonchev–Trinajstić information content (AvgIpc) is 3.17. The van der Waals surface area contributed by atoms with E-state index in [-0.39, 0.29) is 24.8 Å². The van der Waals surface area contributed by atoms with Crippen molar-refractivity contribution < 1.29 is 32.3 Å². The highest BCUT2D eigenvalue weighted by Gasteiger charge is 2.46. The third kappa shape index (κ3) is 6.99. The minimum atomic E-state index is -3.44. The second-order valence-electron chi connectivity index (χ2n) is 10.9. The Bertz CT molecular complexity index is 1050. The number of piperidine rings is 1. The molecule has 2 aliphatic rings. The lowest BCUT2D eigenvalue weighted by atomic mass is 9.92. The zero-order valence-corrected chi connectivity index (χ0v) is 22.6. The first-order valence-electron chi connectivity index (χ1n) is 12.5. The molecule has 36 heavy (non-hydrogen) atoms. The maximum Gasteiger partial charge on any atom is 0.410 e. The molecule has 0 radical (unpaired) electrons. The van der Waals surface area contributed by atoms with Gasteiger partial charge in [0.05, 0.1) is 11.0 Å². The van der Waals surface area contributed by atoms with Crippen LogP contribution in [0.15, 0.2) is 30.3 Å². The first-order chi connectivity index (χ1) is 16.8. The van der Waals surface area contributed by atoms with Gasteiger partial charge in [0.2, 0.25) is 5.91 Å². The minimum absolute atomic E-state index is 0.0903. The number of hydrogen-bond donors (Lipinski definition) is 0. The van der Waals surface area contributed by atoms with Crippen LogP contribution in [-0.2, 0) is 35.5 Å². The molecule has 0 saturated carbocycles. The van der Waals surface area contributed by atoms with Gasteiger partial charge in [0, 0.05) is 31.6 Å². The molecule has 2 heterocycles. The molecule has 2 saturated heterocycles. The molecule has 1 aromatic rings. The van der Waals surface area contributed by atoms with Gasteiger partial charge in [-0.05, 0) is 53.0 Å². The normalized spacial score (nSPS) is 23.2. The number of nitrogens with zero attached hydrogens (tertiary/aromatic N) is 2. The maximum atomic E-state index is 13.3. The maximum absolute atomic E-state index is 13.3. The summed E-state index contributed by atoms with van der Waals surface area (Å²) in [5.41, 5.74) is 0.160. The standard InChI is InChI=1S/C26H38N2O7S/c1-18(2)36(32,33)17-20-15-27(25(31)35-26(3,4)5)13-12-22(20)28-14-11-21(23(28)29)24(30)34-16-19-9-7-6-8-10-19/h6-10,18,20-22H,11-17H2,1-5H3/t20-,21-,22-/m0/s1. The van der Waals surface area contributed by atoms with E-state index in [1.807, 2.05) is 30.3 Å². The largest absolute Gasteiger partial charge is 0.460 e. The van der Waals surface area contributed by atoms with Crippen molar-refractivity contribution in [3.8, 4) is 0 Å². The highest BCUT2D eigenvalue weighted by Crippen LogP contribution is 2.31. The molecule has 1 aromatic carbocycles. The van der Waals surface area contributed by atoms with E-state index in [1.165, 1.54) is 4.90 Å². The van der Waals surface area contributed by atoms with Gasteiger partial charge in [-0.15, -0.1) is 0 Å². The van der Waals surface area contributed by atoms with Crippen molar-refractivity contribution in [3.05, 3.63) is 35.9 Å². The highest BCUT2D eigenvalue weighted by molar-refractivity contribution is 7.91. The van der Waals surface area contributed by atoms with Crippen molar-refractivity contribution in [1.82, 2.24) is 9.80 Å². The van der Waals surface area contributed by atoms with Crippen LogP contribution in [0.25, 0.3) is 0 Å². The smallest absolute Gasteiger partial charge is 0.410 e. The van der Waals surface area contributed by atoms with E-state index in [9.17, 15) is 22.8 Å². The van der Waals surface area contributed by atoms with Gasteiger partial charge in [0.1, 0.15) is 18.1 Å². The molecule has 2 aliphatic heterocycles. The molecule has 2 amide bonds. The van der Waals surface area contributed by atoms with E-state index in [1.54, 1.807) is 39.5 Å². The van der Waals surface area contributed by atoms with Crippen molar-refractivity contribution in [2.24, 2.45) is 11.8 Å². The Hall–Kier alpha value is -2.62. The molecule has 0 spiro atoms. The summed E-state index contributed by atoms with van der Waals surface area (Å²) >= 11 is 0. The first kappa shape index (κ1) is 28.0. The number of amides is 2. The molecule has 0 bridgehead atoms. The molecule has 200 valence electrons.